The van der Waals surface area contributed by atoms with Gasteiger partial charge in [0.1, 0.15) is 10.7 Å². The Morgan fingerprint density at radius 1 is 1.30 bits per heavy atom. The highest BCUT2D eigenvalue weighted by molar-refractivity contribution is 7.89. The first kappa shape index (κ1) is 17.4. The number of hydrogen-bond acceptors (Lipinski definition) is 3. The van der Waals surface area contributed by atoms with Gasteiger partial charge in [-0.15, -0.1) is 12.4 Å². The topological polar surface area (TPSA) is 49.4 Å². The van der Waals surface area contributed by atoms with Crippen LogP contribution in [0.25, 0.3) is 0 Å². The van der Waals surface area contributed by atoms with Crippen molar-refractivity contribution in [2.24, 2.45) is 0 Å². The van der Waals surface area contributed by atoms with Crippen LogP contribution in [0.1, 0.15) is 18.4 Å². The van der Waals surface area contributed by atoms with E-state index in [0.717, 1.165) is 12.8 Å². The van der Waals surface area contributed by atoms with Crippen LogP contribution in [0.5, 0.6) is 0 Å². The molecule has 0 spiro atoms. The fourth-order valence-electron chi connectivity index (χ4n) is 2.34. The summed E-state index contributed by atoms with van der Waals surface area (Å²) < 4.78 is 40.2. The van der Waals surface area contributed by atoms with Gasteiger partial charge < -0.3 is 5.32 Å². The van der Waals surface area contributed by atoms with E-state index in [0.29, 0.717) is 24.7 Å². The normalized spacial score (nSPS) is 17.8. The number of nitrogens with zero attached hydrogens (tertiary/aromatic N) is 1. The van der Waals surface area contributed by atoms with E-state index in [1.807, 2.05) is 7.05 Å². The molecule has 1 aliphatic rings. The molecule has 0 atom stereocenters. The van der Waals surface area contributed by atoms with Gasteiger partial charge in [-0.05, 0) is 38.4 Å². The summed E-state index contributed by atoms with van der Waals surface area (Å²) in [6.07, 6.45) is 1.51. The molecular formula is C13H20ClFN2O2S. The molecule has 20 heavy (non-hydrogen) atoms. The van der Waals surface area contributed by atoms with Gasteiger partial charge in [0.2, 0.25) is 10.0 Å². The average Bonchev–Trinajstić information content (AvgIpc) is 2.41. The molecule has 1 aliphatic heterocycles. The molecule has 0 bridgehead atoms. The van der Waals surface area contributed by atoms with Gasteiger partial charge in [-0.3, -0.25) is 0 Å². The van der Waals surface area contributed by atoms with Gasteiger partial charge in [-0.25, -0.2) is 12.8 Å². The lowest BCUT2D eigenvalue weighted by Crippen LogP contribution is -2.44. The molecule has 1 aromatic rings. The van der Waals surface area contributed by atoms with Crippen molar-refractivity contribution < 1.29 is 12.8 Å². The molecule has 1 fully saturated rings. The lowest BCUT2D eigenvalue weighted by Gasteiger charge is -2.31. The number of nitrogens with one attached hydrogen (secondary N) is 1. The fraction of sp³-hybridized carbons (Fsp3) is 0.538. The summed E-state index contributed by atoms with van der Waals surface area (Å²) in [5.74, 6) is -0.641. The van der Waals surface area contributed by atoms with E-state index in [-0.39, 0.29) is 17.3 Å². The van der Waals surface area contributed by atoms with Gasteiger partial charge in [-0.2, -0.15) is 4.31 Å². The molecule has 114 valence electrons. The predicted molar refractivity (Wildman–Crippen MR) is 79.2 cm³/mol. The molecule has 0 aromatic heterocycles. The summed E-state index contributed by atoms with van der Waals surface area (Å²) in [6.45, 7) is 2.43. The first-order chi connectivity index (χ1) is 8.96. The third kappa shape index (κ3) is 3.31. The molecule has 0 saturated carbocycles. The number of aryl methyl sites for hydroxylation is 1. The van der Waals surface area contributed by atoms with Crippen molar-refractivity contribution in [3.05, 3.63) is 29.6 Å². The number of sulfonamides is 1. The van der Waals surface area contributed by atoms with E-state index in [1.165, 1.54) is 10.4 Å². The zero-order valence-electron chi connectivity index (χ0n) is 11.6. The van der Waals surface area contributed by atoms with Gasteiger partial charge in [0.05, 0.1) is 0 Å². The number of halogens is 2. The minimum Gasteiger partial charge on any atom is -0.317 e. The van der Waals surface area contributed by atoms with Gasteiger partial charge in [-0.1, -0.05) is 12.1 Å². The summed E-state index contributed by atoms with van der Waals surface area (Å²) in [5, 5.41) is 3.14. The number of piperidine rings is 1. The standard InChI is InChI=1S/C13H19FN2O2S.ClH/c1-10-4-3-5-12(13(10)14)19(17,18)16-8-6-11(15-2)7-9-16;/h3-5,11,15H,6-9H2,1-2H3;1H. The number of hydrogen-bond donors (Lipinski definition) is 1. The zero-order valence-corrected chi connectivity index (χ0v) is 13.2. The maximum absolute atomic E-state index is 14.0. The molecule has 0 aliphatic carbocycles. The van der Waals surface area contributed by atoms with Crippen molar-refractivity contribution in [3.63, 3.8) is 0 Å². The maximum atomic E-state index is 14.0. The predicted octanol–water partition coefficient (Wildman–Crippen LogP) is 1.93. The van der Waals surface area contributed by atoms with Gasteiger partial charge in [0, 0.05) is 19.1 Å². The molecule has 4 nitrogen and oxygen atoms in total. The Morgan fingerprint density at radius 3 is 2.45 bits per heavy atom. The molecular weight excluding hydrogens is 303 g/mol. The molecule has 0 unspecified atom stereocenters. The van der Waals surface area contributed by atoms with Crippen LogP contribution in [0, 0.1) is 12.7 Å². The molecule has 0 radical (unpaired) electrons. The monoisotopic (exact) mass is 322 g/mol. The Labute approximate surface area is 125 Å². The summed E-state index contributed by atoms with van der Waals surface area (Å²) in [6, 6.07) is 4.82. The van der Waals surface area contributed by atoms with Crippen molar-refractivity contribution >= 4 is 22.4 Å². The first-order valence-electron chi connectivity index (χ1n) is 6.39. The SMILES string of the molecule is CNC1CCN(S(=O)(=O)c2cccc(C)c2F)CC1.Cl. The van der Waals surface area contributed by atoms with Crippen molar-refractivity contribution in [1.29, 1.82) is 0 Å². The minimum absolute atomic E-state index is 0. The van der Waals surface area contributed by atoms with Crippen LogP contribution in [-0.2, 0) is 10.0 Å². The second-order valence-corrected chi connectivity index (χ2v) is 6.76. The zero-order chi connectivity index (χ0) is 14.0. The smallest absolute Gasteiger partial charge is 0.245 e. The summed E-state index contributed by atoms with van der Waals surface area (Å²) >= 11 is 0. The quantitative estimate of drug-likeness (QED) is 0.925. The second kappa shape index (κ2) is 6.85. The maximum Gasteiger partial charge on any atom is 0.245 e. The van der Waals surface area contributed by atoms with E-state index < -0.39 is 15.8 Å². The van der Waals surface area contributed by atoms with E-state index in [9.17, 15) is 12.8 Å². The van der Waals surface area contributed by atoms with Crippen LogP contribution in [0.15, 0.2) is 23.1 Å². The Balaban J connectivity index is 0.00000200. The molecule has 2 rings (SSSR count). The van der Waals surface area contributed by atoms with Crippen LogP contribution in [0.4, 0.5) is 4.39 Å². The minimum atomic E-state index is -3.72. The second-order valence-electron chi connectivity index (χ2n) is 4.85. The Hall–Kier alpha value is -0.690. The summed E-state index contributed by atoms with van der Waals surface area (Å²) in [4.78, 5) is -0.213. The number of rotatable bonds is 3. The molecule has 7 heteroatoms. The van der Waals surface area contributed by atoms with Crippen LogP contribution in [0.2, 0.25) is 0 Å². The van der Waals surface area contributed by atoms with Crippen LogP contribution < -0.4 is 5.32 Å². The molecule has 1 N–H and O–H groups in total. The Kier molecular flexibility index (Phi) is 5.94. The molecule has 1 heterocycles. The highest BCUT2D eigenvalue weighted by atomic mass is 35.5. The fourth-order valence-corrected chi connectivity index (χ4v) is 3.95. The van der Waals surface area contributed by atoms with Crippen LogP contribution in [0.3, 0.4) is 0 Å². The van der Waals surface area contributed by atoms with E-state index >= 15 is 0 Å². The first-order valence-corrected chi connectivity index (χ1v) is 7.83. The van der Waals surface area contributed by atoms with Crippen molar-refractivity contribution in [3.8, 4) is 0 Å². The molecule has 0 amide bonds. The highest BCUT2D eigenvalue weighted by Gasteiger charge is 2.31. The summed E-state index contributed by atoms with van der Waals surface area (Å²) in [5.41, 5.74) is 0.353. The third-order valence-electron chi connectivity index (χ3n) is 3.64. The Morgan fingerprint density at radius 2 is 1.90 bits per heavy atom. The van der Waals surface area contributed by atoms with Gasteiger partial charge in [0.15, 0.2) is 0 Å². The lowest BCUT2D eigenvalue weighted by molar-refractivity contribution is 0.297. The van der Waals surface area contributed by atoms with Crippen molar-refractivity contribution in [1.82, 2.24) is 9.62 Å². The largest absolute Gasteiger partial charge is 0.317 e. The van der Waals surface area contributed by atoms with Crippen molar-refractivity contribution in [2.75, 3.05) is 20.1 Å². The number of benzene rings is 1. The average molecular weight is 323 g/mol. The van der Waals surface area contributed by atoms with Gasteiger partial charge >= 0.3 is 0 Å². The highest BCUT2D eigenvalue weighted by Crippen LogP contribution is 2.24. The molecule has 1 aromatic carbocycles. The van der Waals surface area contributed by atoms with E-state index in [2.05, 4.69) is 5.32 Å². The molecule has 1 saturated heterocycles. The van der Waals surface area contributed by atoms with Crippen LogP contribution >= 0.6 is 12.4 Å². The third-order valence-corrected chi connectivity index (χ3v) is 5.55. The van der Waals surface area contributed by atoms with Crippen molar-refractivity contribution in [2.45, 2.75) is 30.7 Å². The lowest BCUT2D eigenvalue weighted by atomic mass is 10.1. The van der Waals surface area contributed by atoms with Gasteiger partial charge in [0.25, 0.3) is 0 Å². The van der Waals surface area contributed by atoms with E-state index in [1.54, 1.807) is 19.1 Å². The summed E-state index contributed by atoms with van der Waals surface area (Å²) in [7, 11) is -1.85. The van der Waals surface area contributed by atoms with E-state index in [4.69, 9.17) is 0 Å². The Bertz CT molecular complexity index is 557. The van der Waals surface area contributed by atoms with Crippen LogP contribution in [-0.4, -0.2) is 38.9 Å².